The van der Waals surface area contributed by atoms with Crippen molar-refractivity contribution in [2.75, 3.05) is 10.6 Å². The molecule has 0 unspecified atom stereocenters. The first-order chi connectivity index (χ1) is 16.5. The summed E-state index contributed by atoms with van der Waals surface area (Å²) in [7, 11) is 0. The van der Waals surface area contributed by atoms with Gasteiger partial charge in [0, 0.05) is 12.2 Å². The summed E-state index contributed by atoms with van der Waals surface area (Å²) in [4.78, 5) is 25.1. The number of benzene rings is 4. The van der Waals surface area contributed by atoms with Crippen LogP contribution in [0.4, 0.5) is 20.2 Å². The third-order valence-corrected chi connectivity index (χ3v) is 5.00. The van der Waals surface area contributed by atoms with Crippen molar-refractivity contribution in [1.29, 1.82) is 0 Å². The lowest BCUT2D eigenvalue weighted by Gasteiger charge is -2.12. The highest BCUT2D eigenvalue weighted by atomic mass is 19.1. The van der Waals surface area contributed by atoms with Gasteiger partial charge in [0.25, 0.3) is 0 Å². The van der Waals surface area contributed by atoms with Crippen LogP contribution in [0.25, 0.3) is 22.9 Å². The zero-order valence-corrected chi connectivity index (χ0v) is 18.0. The van der Waals surface area contributed by atoms with E-state index in [0.717, 1.165) is 10.8 Å². The van der Waals surface area contributed by atoms with Crippen LogP contribution in [0.3, 0.4) is 0 Å². The summed E-state index contributed by atoms with van der Waals surface area (Å²) in [6.45, 7) is 0. The van der Waals surface area contributed by atoms with Crippen LogP contribution in [0.5, 0.6) is 0 Å². The van der Waals surface area contributed by atoms with Gasteiger partial charge in [0.1, 0.15) is 11.6 Å². The van der Waals surface area contributed by atoms with Gasteiger partial charge >= 0.3 is 0 Å². The average molecular weight is 454 g/mol. The molecule has 0 radical (unpaired) electrons. The van der Waals surface area contributed by atoms with Crippen LogP contribution < -0.4 is 10.6 Å². The van der Waals surface area contributed by atoms with Gasteiger partial charge < -0.3 is 10.6 Å². The van der Waals surface area contributed by atoms with E-state index in [-0.39, 0.29) is 11.6 Å². The second-order valence-corrected chi connectivity index (χ2v) is 7.49. The van der Waals surface area contributed by atoms with Crippen LogP contribution in [0, 0.1) is 11.6 Å². The summed E-state index contributed by atoms with van der Waals surface area (Å²) < 4.78 is 26.1. The maximum atomic E-state index is 13.1. The van der Waals surface area contributed by atoms with Gasteiger partial charge in [-0.2, -0.15) is 0 Å². The van der Waals surface area contributed by atoms with Gasteiger partial charge in [-0.3, -0.25) is 9.59 Å². The summed E-state index contributed by atoms with van der Waals surface area (Å²) in [6.07, 6.45) is 5.81. The maximum absolute atomic E-state index is 13.1. The van der Waals surface area contributed by atoms with Crippen molar-refractivity contribution in [3.8, 4) is 0 Å². The van der Waals surface area contributed by atoms with Gasteiger partial charge in [0.05, 0.1) is 11.4 Å². The Kier molecular flexibility index (Phi) is 6.89. The van der Waals surface area contributed by atoms with E-state index >= 15 is 0 Å². The van der Waals surface area contributed by atoms with E-state index in [0.29, 0.717) is 22.5 Å². The first kappa shape index (κ1) is 22.6. The molecule has 4 aromatic rings. The molecule has 4 rings (SSSR count). The van der Waals surface area contributed by atoms with E-state index in [9.17, 15) is 18.4 Å². The van der Waals surface area contributed by atoms with Crippen LogP contribution in [-0.2, 0) is 9.59 Å². The normalized spacial score (nSPS) is 11.2. The Morgan fingerprint density at radius 3 is 1.35 bits per heavy atom. The number of hydrogen-bond acceptors (Lipinski definition) is 2. The third kappa shape index (κ3) is 6.01. The minimum Gasteiger partial charge on any atom is -0.321 e. The Hall–Kier alpha value is -4.58. The molecule has 0 aromatic heterocycles. The number of nitrogens with one attached hydrogen (secondary N) is 2. The second kappa shape index (κ2) is 10.4. The molecule has 0 atom stereocenters. The van der Waals surface area contributed by atoms with Crippen molar-refractivity contribution in [3.63, 3.8) is 0 Å². The minimum absolute atomic E-state index is 0.355. The molecule has 0 aliphatic carbocycles. The number of fused-ring (bicyclic) bond motifs is 1. The van der Waals surface area contributed by atoms with E-state index in [1.807, 2.05) is 24.3 Å². The highest BCUT2D eigenvalue weighted by Gasteiger charge is 2.10. The van der Waals surface area contributed by atoms with Crippen molar-refractivity contribution >= 4 is 46.1 Å². The summed E-state index contributed by atoms with van der Waals surface area (Å²) in [5.74, 6) is -1.52. The molecular formula is C28H20F2N2O2. The summed E-state index contributed by atoms with van der Waals surface area (Å²) in [6, 6.07) is 22.6. The molecule has 6 heteroatoms. The van der Waals surface area contributed by atoms with Crippen molar-refractivity contribution in [3.05, 3.63) is 120 Å². The standard InChI is InChI=1S/C28H20F2N2O2/c29-23-11-5-19(6-12-23)9-15-27(33)31-25-17-21-3-1-2-4-22(21)18-26(25)32-28(34)16-10-20-7-13-24(30)14-8-20/h1-18H,(H,31,33)(H,32,34). The van der Waals surface area contributed by atoms with Crippen LogP contribution in [0.2, 0.25) is 0 Å². The molecule has 0 saturated heterocycles. The molecule has 34 heavy (non-hydrogen) atoms. The van der Waals surface area contributed by atoms with Crippen LogP contribution in [-0.4, -0.2) is 11.8 Å². The van der Waals surface area contributed by atoms with E-state index in [4.69, 9.17) is 0 Å². The van der Waals surface area contributed by atoms with Crippen molar-refractivity contribution < 1.29 is 18.4 Å². The lowest BCUT2D eigenvalue weighted by atomic mass is 10.1. The Morgan fingerprint density at radius 2 is 0.971 bits per heavy atom. The smallest absolute Gasteiger partial charge is 0.248 e. The van der Waals surface area contributed by atoms with E-state index in [1.165, 1.54) is 36.4 Å². The van der Waals surface area contributed by atoms with E-state index < -0.39 is 11.8 Å². The molecule has 0 fully saturated rings. The summed E-state index contributed by atoms with van der Waals surface area (Å²) in [5.41, 5.74) is 2.20. The lowest BCUT2D eigenvalue weighted by Crippen LogP contribution is -2.13. The molecule has 2 amide bonds. The van der Waals surface area contributed by atoms with Gasteiger partial charge in [0.15, 0.2) is 0 Å². The van der Waals surface area contributed by atoms with Crippen LogP contribution >= 0.6 is 0 Å². The van der Waals surface area contributed by atoms with E-state index in [1.54, 1.807) is 48.6 Å². The van der Waals surface area contributed by atoms with Gasteiger partial charge in [-0.15, -0.1) is 0 Å². The van der Waals surface area contributed by atoms with Gasteiger partial charge in [-0.25, -0.2) is 8.78 Å². The molecule has 4 aromatic carbocycles. The third-order valence-electron chi connectivity index (χ3n) is 5.00. The molecule has 0 bridgehead atoms. The van der Waals surface area contributed by atoms with Crippen LogP contribution in [0.15, 0.2) is 97.1 Å². The molecular weight excluding hydrogens is 434 g/mol. The molecule has 0 heterocycles. The molecule has 168 valence electrons. The van der Waals surface area contributed by atoms with Crippen molar-refractivity contribution in [2.24, 2.45) is 0 Å². The second-order valence-electron chi connectivity index (χ2n) is 7.49. The predicted molar refractivity (Wildman–Crippen MR) is 132 cm³/mol. The summed E-state index contributed by atoms with van der Waals surface area (Å²) in [5, 5.41) is 7.36. The Bertz CT molecular complexity index is 1280. The number of halogens is 2. The number of anilines is 2. The lowest BCUT2D eigenvalue weighted by molar-refractivity contribution is -0.112. The number of amides is 2. The van der Waals surface area contributed by atoms with E-state index in [2.05, 4.69) is 10.6 Å². The van der Waals surface area contributed by atoms with Gasteiger partial charge in [-0.05, 0) is 70.4 Å². The Balaban J connectivity index is 1.54. The molecule has 0 aliphatic rings. The highest BCUT2D eigenvalue weighted by Crippen LogP contribution is 2.29. The largest absolute Gasteiger partial charge is 0.321 e. The topological polar surface area (TPSA) is 58.2 Å². The Morgan fingerprint density at radius 1 is 0.588 bits per heavy atom. The van der Waals surface area contributed by atoms with Crippen LogP contribution in [0.1, 0.15) is 11.1 Å². The van der Waals surface area contributed by atoms with Crippen molar-refractivity contribution in [2.45, 2.75) is 0 Å². The molecule has 0 aliphatic heterocycles. The van der Waals surface area contributed by atoms with Gasteiger partial charge in [-0.1, -0.05) is 48.5 Å². The first-order valence-corrected chi connectivity index (χ1v) is 10.5. The highest BCUT2D eigenvalue weighted by molar-refractivity contribution is 6.10. The number of carbonyl (C=O) groups is 2. The number of rotatable bonds is 6. The quantitative estimate of drug-likeness (QED) is 0.330. The fraction of sp³-hybridized carbons (Fsp3) is 0. The predicted octanol–water partition coefficient (Wildman–Crippen LogP) is 6.42. The molecule has 2 N–H and O–H groups in total. The fourth-order valence-electron chi connectivity index (χ4n) is 3.29. The molecule has 0 saturated carbocycles. The Labute approximate surface area is 195 Å². The average Bonchev–Trinajstić information content (AvgIpc) is 2.84. The SMILES string of the molecule is O=C(C=Cc1ccc(F)cc1)Nc1cc2ccccc2cc1NC(=O)C=Cc1ccc(F)cc1. The minimum atomic E-state index is -0.406. The first-order valence-electron chi connectivity index (χ1n) is 10.5. The zero-order chi connectivity index (χ0) is 23.9. The number of hydrogen-bond donors (Lipinski definition) is 2. The number of carbonyl (C=O) groups excluding carboxylic acids is 2. The monoisotopic (exact) mass is 454 g/mol. The zero-order valence-electron chi connectivity index (χ0n) is 18.0. The fourth-order valence-corrected chi connectivity index (χ4v) is 3.29. The van der Waals surface area contributed by atoms with Gasteiger partial charge in [0.2, 0.25) is 11.8 Å². The maximum Gasteiger partial charge on any atom is 0.248 e. The summed E-state index contributed by atoms with van der Waals surface area (Å²) >= 11 is 0. The molecule has 0 spiro atoms. The van der Waals surface area contributed by atoms with Crippen molar-refractivity contribution in [1.82, 2.24) is 0 Å². The molecule has 4 nitrogen and oxygen atoms in total.